The number of nitrogens with one attached hydrogen (secondary N) is 2. The molecule has 7 heteroatoms. The second-order valence-electron chi connectivity index (χ2n) is 11.3. The Morgan fingerprint density at radius 2 is 1.63 bits per heavy atom. The van der Waals surface area contributed by atoms with Crippen molar-refractivity contribution in [1.29, 1.82) is 0 Å². The highest BCUT2D eigenvalue weighted by Gasteiger charge is 2.37. The van der Waals surface area contributed by atoms with Crippen molar-refractivity contribution >= 4 is 17.9 Å². The summed E-state index contributed by atoms with van der Waals surface area (Å²) in [4.78, 5) is 41.5. The Labute approximate surface area is 211 Å². The highest BCUT2D eigenvalue weighted by molar-refractivity contribution is 5.92. The van der Waals surface area contributed by atoms with Crippen LogP contribution in [-0.4, -0.2) is 46.5 Å². The summed E-state index contributed by atoms with van der Waals surface area (Å²) in [6.45, 7) is 21.0. The van der Waals surface area contributed by atoms with E-state index < -0.39 is 29.3 Å². The molecule has 1 aromatic rings. The monoisotopic (exact) mass is 487 g/mol. The molecule has 0 fully saturated rings. The third-order valence-electron chi connectivity index (χ3n) is 5.07. The summed E-state index contributed by atoms with van der Waals surface area (Å²) in [7, 11) is 0. The molecule has 0 spiro atoms. The zero-order valence-electron chi connectivity index (χ0n) is 23.0. The van der Waals surface area contributed by atoms with E-state index in [-0.39, 0.29) is 24.3 Å². The number of ether oxygens (including phenoxy) is 1. The number of nitrogens with zero attached hydrogens (tertiary/aromatic N) is 1. The van der Waals surface area contributed by atoms with Gasteiger partial charge in [-0.15, -0.1) is 6.58 Å². The largest absolute Gasteiger partial charge is 0.444 e. The first kappa shape index (κ1) is 30.2. The fourth-order valence-corrected chi connectivity index (χ4v) is 3.65. The summed E-state index contributed by atoms with van der Waals surface area (Å²) in [6, 6.07) is 5.95. The van der Waals surface area contributed by atoms with E-state index in [4.69, 9.17) is 4.74 Å². The zero-order chi connectivity index (χ0) is 27.0. The van der Waals surface area contributed by atoms with Gasteiger partial charge in [-0.25, -0.2) is 4.79 Å². The zero-order valence-corrected chi connectivity index (χ0v) is 23.0. The molecular weight excluding hydrogens is 442 g/mol. The molecule has 0 radical (unpaired) electrons. The van der Waals surface area contributed by atoms with Gasteiger partial charge in [-0.05, 0) is 71.4 Å². The van der Waals surface area contributed by atoms with Gasteiger partial charge < -0.3 is 20.3 Å². The van der Waals surface area contributed by atoms with Crippen molar-refractivity contribution in [3.05, 3.63) is 48.0 Å². The van der Waals surface area contributed by atoms with Gasteiger partial charge in [0.1, 0.15) is 17.7 Å². The number of carbonyl (C=O) groups is 3. The predicted molar refractivity (Wildman–Crippen MR) is 141 cm³/mol. The van der Waals surface area contributed by atoms with E-state index >= 15 is 0 Å². The molecule has 0 heterocycles. The molecule has 0 saturated carbocycles. The number of rotatable bonds is 10. The molecule has 0 bridgehead atoms. The van der Waals surface area contributed by atoms with Crippen molar-refractivity contribution in [3.8, 4) is 0 Å². The van der Waals surface area contributed by atoms with Gasteiger partial charge >= 0.3 is 6.09 Å². The van der Waals surface area contributed by atoms with Crippen LogP contribution in [0.4, 0.5) is 4.79 Å². The minimum atomic E-state index is -0.888. The molecule has 1 aromatic carbocycles. The maximum atomic E-state index is 13.9. The van der Waals surface area contributed by atoms with E-state index in [1.54, 1.807) is 26.8 Å². The molecule has 7 nitrogen and oxygen atoms in total. The van der Waals surface area contributed by atoms with Crippen molar-refractivity contribution in [2.24, 2.45) is 5.92 Å². The number of amides is 3. The Bertz CT molecular complexity index is 864. The van der Waals surface area contributed by atoms with Crippen LogP contribution in [0.1, 0.15) is 85.9 Å². The lowest BCUT2D eigenvalue weighted by Gasteiger charge is -2.35. The number of alkyl carbamates (subject to hydrolysis) is 1. The van der Waals surface area contributed by atoms with Crippen LogP contribution in [0.25, 0.3) is 0 Å². The van der Waals surface area contributed by atoms with E-state index in [9.17, 15) is 14.4 Å². The quantitative estimate of drug-likeness (QED) is 0.446. The first-order valence-electron chi connectivity index (χ1n) is 12.4. The van der Waals surface area contributed by atoms with Crippen LogP contribution in [-0.2, 0) is 20.7 Å². The predicted octanol–water partition coefficient (Wildman–Crippen LogP) is 5.16. The molecule has 0 aliphatic rings. The lowest BCUT2D eigenvalue weighted by molar-refractivity contribution is -0.142. The molecule has 0 aliphatic carbocycles. The van der Waals surface area contributed by atoms with Crippen molar-refractivity contribution in [1.82, 2.24) is 15.5 Å². The first-order valence-corrected chi connectivity index (χ1v) is 12.4. The maximum absolute atomic E-state index is 13.9. The molecular formula is C28H45N3O4. The minimum absolute atomic E-state index is 0.121. The second kappa shape index (κ2) is 12.8. The lowest BCUT2D eigenvalue weighted by Crippen LogP contribution is -2.55. The van der Waals surface area contributed by atoms with Crippen molar-refractivity contribution < 1.29 is 19.1 Å². The van der Waals surface area contributed by atoms with Gasteiger partial charge in [0, 0.05) is 12.1 Å². The van der Waals surface area contributed by atoms with E-state index in [0.29, 0.717) is 12.0 Å². The summed E-state index contributed by atoms with van der Waals surface area (Å²) in [5.74, 6) is -0.536. The SMILES string of the molecule is C=CCN(C(=O)C(CC(C)C)NC(=O)OC(C)(C)C)C(C(=O)NC(C)(C)C)c1ccc(CC)cc1. The third kappa shape index (κ3) is 10.5. The van der Waals surface area contributed by atoms with E-state index in [1.165, 1.54) is 4.90 Å². The Balaban J connectivity index is 3.47. The number of hydrogen-bond acceptors (Lipinski definition) is 4. The number of aryl methyl sites for hydroxylation is 1. The fourth-order valence-electron chi connectivity index (χ4n) is 3.65. The standard InChI is InChI=1S/C28H45N3O4/c1-11-17-31(25(33)22(18-19(3)4)29-26(34)35-28(8,9)10)23(24(32)30-27(5,6)7)21-15-13-20(12-2)14-16-21/h11,13-16,19,22-23H,1,12,17-18H2,2-10H3,(H,29,34)(H,30,32). The van der Waals surface area contributed by atoms with Gasteiger partial charge in [0.2, 0.25) is 11.8 Å². The number of carbonyl (C=O) groups excluding carboxylic acids is 3. The molecule has 0 aromatic heterocycles. The number of benzene rings is 1. The van der Waals surface area contributed by atoms with Gasteiger partial charge in [0.05, 0.1) is 0 Å². The van der Waals surface area contributed by atoms with Gasteiger partial charge in [0.15, 0.2) is 0 Å². The topological polar surface area (TPSA) is 87.7 Å². The summed E-state index contributed by atoms with van der Waals surface area (Å²) in [5.41, 5.74) is 0.634. The Morgan fingerprint density at radius 1 is 1.06 bits per heavy atom. The second-order valence-corrected chi connectivity index (χ2v) is 11.3. The highest BCUT2D eigenvalue weighted by atomic mass is 16.6. The molecule has 2 atom stereocenters. The molecule has 196 valence electrons. The summed E-state index contributed by atoms with van der Waals surface area (Å²) in [5, 5.41) is 5.75. The van der Waals surface area contributed by atoms with Gasteiger partial charge in [-0.1, -0.05) is 51.1 Å². The molecule has 3 amide bonds. The van der Waals surface area contributed by atoms with Gasteiger partial charge in [-0.3, -0.25) is 9.59 Å². The van der Waals surface area contributed by atoms with Crippen molar-refractivity contribution in [2.45, 2.75) is 98.4 Å². The van der Waals surface area contributed by atoms with Crippen LogP contribution >= 0.6 is 0 Å². The highest BCUT2D eigenvalue weighted by Crippen LogP contribution is 2.25. The first-order chi connectivity index (χ1) is 16.1. The third-order valence-corrected chi connectivity index (χ3v) is 5.07. The molecule has 2 N–H and O–H groups in total. The average Bonchev–Trinajstić information content (AvgIpc) is 2.69. The fraction of sp³-hybridized carbons (Fsp3) is 0.607. The summed E-state index contributed by atoms with van der Waals surface area (Å²) >= 11 is 0. The van der Waals surface area contributed by atoms with Gasteiger partial charge in [0.25, 0.3) is 0 Å². The smallest absolute Gasteiger partial charge is 0.408 e. The van der Waals surface area contributed by atoms with Crippen LogP contribution in [0.2, 0.25) is 0 Å². The molecule has 35 heavy (non-hydrogen) atoms. The van der Waals surface area contributed by atoms with Crippen LogP contribution in [0.5, 0.6) is 0 Å². The molecule has 1 rings (SSSR count). The van der Waals surface area contributed by atoms with Crippen molar-refractivity contribution in [3.63, 3.8) is 0 Å². The normalized spacial score (nSPS) is 13.5. The Kier molecular flexibility index (Phi) is 11.0. The maximum Gasteiger partial charge on any atom is 0.408 e. The molecule has 2 unspecified atom stereocenters. The van der Waals surface area contributed by atoms with Gasteiger partial charge in [-0.2, -0.15) is 0 Å². The molecule has 0 aliphatic heterocycles. The van der Waals surface area contributed by atoms with Crippen LogP contribution < -0.4 is 10.6 Å². The van der Waals surface area contributed by atoms with Crippen LogP contribution in [0.15, 0.2) is 36.9 Å². The number of hydrogen-bond donors (Lipinski definition) is 2. The van der Waals surface area contributed by atoms with E-state index in [1.807, 2.05) is 58.9 Å². The average molecular weight is 488 g/mol. The minimum Gasteiger partial charge on any atom is -0.444 e. The Morgan fingerprint density at radius 3 is 2.06 bits per heavy atom. The summed E-state index contributed by atoms with van der Waals surface area (Å²) < 4.78 is 5.40. The van der Waals surface area contributed by atoms with E-state index in [2.05, 4.69) is 24.1 Å². The Hall–Kier alpha value is -2.83. The van der Waals surface area contributed by atoms with Crippen molar-refractivity contribution in [2.75, 3.05) is 6.54 Å². The lowest BCUT2D eigenvalue weighted by atomic mass is 9.97. The van der Waals surface area contributed by atoms with E-state index in [0.717, 1.165) is 12.0 Å². The van der Waals surface area contributed by atoms with Crippen LogP contribution in [0, 0.1) is 5.92 Å². The molecule has 0 saturated heterocycles. The summed E-state index contributed by atoms with van der Waals surface area (Å²) in [6.07, 6.45) is 2.19. The van der Waals surface area contributed by atoms with Crippen LogP contribution in [0.3, 0.4) is 0 Å².